The maximum Gasteiger partial charge on any atom is 0.234 e. The second-order valence-electron chi connectivity index (χ2n) is 5.46. The summed E-state index contributed by atoms with van der Waals surface area (Å²) >= 11 is 0. The van der Waals surface area contributed by atoms with Crippen molar-refractivity contribution in [3.8, 4) is 0 Å². The van der Waals surface area contributed by atoms with Crippen molar-refractivity contribution in [2.24, 2.45) is 0 Å². The number of hydrogen-bond donors (Lipinski definition) is 2. The van der Waals surface area contributed by atoms with Crippen molar-refractivity contribution in [3.63, 3.8) is 0 Å². The minimum atomic E-state index is -0.178. The van der Waals surface area contributed by atoms with Gasteiger partial charge in [-0.25, -0.2) is 0 Å². The number of carbonyl (C=O) groups is 1. The third-order valence-electron chi connectivity index (χ3n) is 2.59. The number of nitrogens with one attached hydrogen (secondary N) is 2. The molecule has 1 amide bonds. The van der Waals surface area contributed by atoms with Gasteiger partial charge in [0, 0.05) is 18.2 Å². The van der Waals surface area contributed by atoms with Crippen LogP contribution in [0.2, 0.25) is 0 Å². The molecule has 0 aromatic rings. The van der Waals surface area contributed by atoms with Gasteiger partial charge < -0.3 is 15.4 Å². The Labute approximate surface area is 99.1 Å². The van der Waals surface area contributed by atoms with Crippen LogP contribution in [0.25, 0.3) is 0 Å². The van der Waals surface area contributed by atoms with Crippen molar-refractivity contribution in [3.05, 3.63) is 0 Å². The van der Waals surface area contributed by atoms with Crippen LogP contribution in [0.15, 0.2) is 0 Å². The number of ether oxygens (including phenoxy) is 1. The van der Waals surface area contributed by atoms with Crippen LogP contribution < -0.4 is 10.6 Å². The van der Waals surface area contributed by atoms with Gasteiger partial charge in [0.15, 0.2) is 0 Å². The third kappa shape index (κ3) is 6.80. The predicted molar refractivity (Wildman–Crippen MR) is 66.5 cm³/mol. The minimum absolute atomic E-state index is 0.0241. The van der Waals surface area contributed by atoms with Crippen LogP contribution in [0.1, 0.15) is 41.0 Å². The molecule has 0 unspecified atom stereocenters. The molecule has 2 N–H and O–H groups in total. The van der Waals surface area contributed by atoms with E-state index in [9.17, 15) is 4.79 Å². The number of hydrogen-bond acceptors (Lipinski definition) is 3. The maximum atomic E-state index is 11.7. The Balaban J connectivity index is 3.99. The fraction of sp³-hybridized carbons (Fsp3) is 0.917. The van der Waals surface area contributed by atoms with E-state index in [4.69, 9.17) is 4.74 Å². The molecule has 0 aliphatic carbocycles. The number of amides is 1. The highest BCUT2D eigenvalue weighted by Gasteiger charge is 2.21. The molecule has 0 heterocycles. The van der Waals surface area contributed by atoms with Crippen molar-refractivity contribution >= 4 is 5.91 Å². The molecule has 0 saturated heterocycles. The van der Waals surface area contributed by atoms with Crippen molar-refractivity contribution in [1.29, 1.82) is 0 Å². The number of carbonyl (C=O) groups excluding carboxylic acids is 1. The van der Waals surface area contributed by atoms with Gasteiger partial charge in [0.2, 0.25) is 5.91 Å². The average molecular weight is 230 g/mol. The van der Waals surface area contributed by atoms with E-state index in [-0.39, 0.29) is 17.0 Å². The summed E-state index contributed by atoms with van der Waals surface area (Å²) in [4.78, 5) is 11.7. The normalized spacial score (nSPS) is 12.6. The van der Waals surface area contributed by atoms with E-state index in [0.717, 1.165) is 6.42 Å². The number of methoxy groups -OCH3 is 1. The summed E-state index contributed by atoms with van der Waals surface area (Å²) < 4.78 is 5.07. The van der Waals surface area contributed by atoms with E-state index in [1.165, 1.54) is 0 Å². The first-order chi connectivity index (χ1) is 7.22. The van der Waals surface area contributed by atoms with E-state index in [1.54, 1.807) is 7.11 Å². The quantitative estimate of drug-likeness (QED) is 0.693. The second-order valence-corrected chi connectivity index (χ2v) is 5.46. The fourth-order valence-corrected chi connectivity index (χ4v) is 1.24. The van der Waals surface area contributed by atoms with Crippen LogP contribution in [0.3, 0.4) is 0 Å². The summed E-state index contributed by atoms with van der Waals surface area (Å²) in [6.45, 7) is 11.0. The summed E-state index contributed by atoms with van der Waals surface area (Å²) in [7, 11) is 1.66. The topological polar surface area (TPSA) is 50.4 Å². The first kappa shape index (κ1) is 15.4. The lowest BCUT2D eigenvalue weighted by Crippen LogP contribution is -2.51. The van der Waals surface area contributed by atoms with Crippen LogP contribution in [0, 0.1) is 0 Å². The van der Waals surface area contributed by atoms with E-state index >= 15 is 0 Å². The Morgan fingerprint density at radius 1 is 1.19 bits per heavy atom. The lowest BCUT2D eigenvalue weighted by molar-refractivity contribution is -0.122. The Hall–Kier alpha value is -0.610. The zero-order valence-corrected chi connectivity index (χ0v) is 11.4. The van der Waals surface area contributed by atoms with Crippen LogP contribution >= 0.6 is 0 Å². The monoisotopic (exact) mass is 230 g/mol. The van der Waals surface area contributed by atoms with Gasteiger partial charge in [-0.2, -0.15) is 0 Å². The van der Waals surface area contributed by atoms with Gasteiger partial charge in [-0.1, -0.05) is 6.92 Å². The Morgan fingerprint density at radius 2 is 1.75 bits per heavy atom. The molecule has 0 aromatic heterocycles. The second kappa shape index (κ2) is 6.21. The van der Waals surface area contributed by atoms with Gasteiger partial charge in [-0.3, -0.25) is 4.79 Å². The molecule has 16 heavy (non-hydrogen) atoms. The van der Waals surface area contributed by atoms with Gasteiger partial charge in [0.05, 0.1) is 13.2 Å². The van der Waals surface area contributed by atoms with Crippen LogP contribution in [-0.2, 0) is 9.53 Å². The highest BCUT2D eigenvalue weighted by Crippen LogP contribution is 2.06. The smallest absolute Gasteiger partial charge is 0.234 e. The van der Waals surface area contributed by atoms with Gasteiger partial charge in [0.1, 0.15) is 0 Å². The molecule has 4 heteroatoms. The molecular formula is C12H26N2O2. The molecule has 0 aliphatic rings. The summed E-state index contributed by atoms with van der Waals surface area (Å²) in [5, 5.41) is 6.15. The predicted octanol–water partition coefficient (Wildman–Crippen LogP) is 1.31. The molecule has 0 radical (unpaired) electrons. The Morgan fingerprint density at radius 3 is 2.19 bits per heavy atom. The minimum Gasteiger partial charge on any atom is -0.383 e. The average Bonchev–Trinajstić information content (AvgIpc) is 2.14. The lowest BCUT2D eigenvalue weighted by atomic mass is 10.0. The SMILES string of the molecule is CCC(C)(C)NC(=O)CNC(C)(C)COC. The molecule has 0 aliphatic heterocycles. The van der Waals surface area contributed by atoms with Gasteiger partial charge in [0.25, 0.3) is 0 Å². The van der Waals surface area contributed by atoms with Crippen molar-refractivity contribution in [2.45, 2.75) is 52.1 Å². The van der Waals surface area contributed by atoms with Gasteiger partial charge >= 0.3 is 0 Å². The van der Waals surface area contributed by atoms with Crippen molar-refractivity contribution in [1.82, 2.24) is 10.6 Å². The highest BCUT2D eigenvalue weighted by atomic mass is 16.5. The standard InChI is InChI=1S/C12H26N2O2/c1-7-11(2,3)14-10(15)8-13-12(4,5)9-16-6/h13H,7-9H2,1-6H3,(H,14,15). The van der Waals surface area contributed by atoms with Crippen LogP contribution in [0.5, 0.6) is 0 Å². The largest absolute Gasteiger partial charge is 0.383 e. The molecule has 0 rings (SSSR count). The summed E-state index contributed by atoms with van der Waals surface area (Å²) in [6, 6.07) is 0. The first-order valence-electron chi connectivity index (χ1n) is 5.77. The molecule has 0 spiro atoms. The molecule has 4 nitrogen and oxygen atoms in total. The lowest BCUT2D eigenvalue weighted by Gasteiger charge is -2.28. The van der Waals surface area contributed by atoms with Gasteiger partial charge in [-0.15, -0.1) is 0 Å². The Kier molecular flexibility index (Phi) is 5.97. The van der Waals surface area contributed by atoms with Crippen LogP contribution in [0.4, 0.5) is 0 Å². The molecule has 0 aromatic carbocycles. The van der Waals surface area contributed by atoms with Crippen LogP contribution in [-0.4, -0.2) is 37.2 Å². The van der Waals surface area contributed by atoms with E-state index < -0.39 is 0 Å². The molecule has 0 atom stereocenters. The van der Waals surface area contributed by atoms with Crippen molar-refractivity contribution < 1.29 is 9.53 Å². The van der Waals surface area contributed by atoms with E-state index in [1.807, 2.05) is 27.7 Å². The first-order valence-corrected chi connectivity index (χ1v) is 5.77. The summed E-state index contributed by atoms with van der Waals surface area (Å²) in [5.41, 5.74) is -0.313. The molecule has 0 fully saturated rings. The molecule has 0 saturated carbocycles. The van der Waals surface area contributed by atoms with Gasteiger partial charge in [-0.05, 0) is 34.1 Å². The maximum absolute atomic E-state index is 11.7. The zero-order valence-electron chi connectivity index (χ0n) is 11.4. The Bertz CT molecular complexity index is 225. The summed E-state index contributed by atoms with van der Waals surface area (Å²) in [5.74, 6) is 0.0241. The number of rotatable bonds is 7. The molecule has 96 valence electrons. The molecular weight excluding hydrogens is 204 g/mol. The van der Waals surface area contributed by atoms with E-state index in [2.05, 4.69) is 17.6 Å². The molecule has 0 bridgehead atoms. The highest BCUT2D eigenvalue weighted by molar-refractivity contribution is 5.78. The van der Waals surface area contributed by atoms with Crippen molar-refractivity contribution in [2.75, 3.05) is 20.3 Å². The van der Waals surface area contributed by atoms with E-state index in [0.29, 0.717) is 13.2 Å². The zero-order chi connectivity index (χ0) is 12.8. The fourth-order valence-electron chi connectivity index (χ4n) is 1.24. The third-order valence-corrected chi connectivity index (χ3v) is 2.59. The summed E-state index contributed by atoms with van der Waals surface area (Å²) in [6.07, 6.45) is 0.917.